The Kier molecular flexibility index (Phi) is 4.19. The van der Waals surface area contributed by atoms with Crippen LogP contribution in [-0.2, 0) is 4.74 Å². The van der Waals surface area contributed by atoms with Gasteiger partial charge < -0.3 is 15.4 Å². The fourth-order valence-corrected chi connectivity index (χ4v) is 1.95. The molecular formula is C13H20N2O. The zero-order valence-electron chi connectivity index (χ0n) is 9.83. The molecule has 0 saturated carbocycles. The van der Waals surface area contributed by atoms with Crippen molar-refractivity contribution < 1.29 is 4.74 Å². The highest BCUT2D eigenvalue weighted by atomic mass is 16.5. The summed E-state index contributed by atoms with van der Waals surface area (Å²) in [6.07, 6.45) is 1.11. The molecule has 1 aromatic rings. The molecule has 0 radical (unpaired) electrons. The quantitative estimate of drug-likeness (QED) is 0.811. The zero-order chi connectivity index (χ0) is 11.2. The van der Waals surface area contributed by atoms with Crippen molar-refractivity contribution in [3.05, 3.63) is 29.8 Å². The predicted octanol–water partition coefficient (Wildman–Crippen LogP) is 1.79. The van der Waals surface area contributed by atoms with Crippen LogP contribution in [0.2, 0.25) is 0 Å². The Balaban J connectivity index is 1.71. The van der Waals surface area contributed by atoms with Gasteiger partial charge in [-0.2, -0.15) is 0 Å². The second-order valence-corrected chi connectivity index (χ2v) is 4.31. The summed E-state index contributed by atoms with van der Waals surface area (Å²) in [6.45, 7) is 5.78. The molecule has 3 nitrogen and oxygen atoms in total. The number of rotatable bonds is 4. The van der Waals surface area contributed by atoms with E-state index in [0.29, 0.717) is 6.04 Å². The first-order chi connectivity index (χ1) is 7.84. The molecule has 16 heavy (non-hydrogen) atoms. The van der Waals surface area contributed by atoms with Crippen LogP contribution in [0.4, 0.5) is 5.69 Å². The lowest BCUT2D eigenvalue weighted by atomic mass is 10.2. The van der Waals surface area contributed by atoms with E-state index >= 15 is 0 Å². The van der Waals surface area contributed by atoms with Crippen LogP contribution in [0.5, 0.6) is 0 Å². The van der Waals surface area contributed by atoms with Crippen molar-refractivity contribution in [3.63, 3.8) is 0 Å². The standard InChI is InChI=1S/C13H20N2O/c1-11-3-2-4-12(9-11)14-6-5-13-10-16-8-7-15-13/h2-4,9,13-15H,5-8,10H2,1H3. The van der Waals surface area contributed by atoms with Crippen molar-refractivity contribution in [1.29, 1.82) is 0 Å². The van der Waals surface area contributed by atoms with E-state index in [1.807, 2.05) is 0 Å². The molecule has 1 fully saturated rings. The molecule has 1 unspecified atom stereocenters. The van der Waals surface area contributed by atoms with Gasteiger partial charge in [0.15, 0.2) is 0 Å². The first kappa shape index (κ1) is 11.4. The Morgan fingerprint density at radius 3 is 3.19 bits per heavy atom. The molecule has 1 aliphatic heterocycles. The van der Waals surface area contributed by atoms with E-state index in [-0.39, 0.29) is 0 Å². The number of nitrogens with one attached hydrogen (secondary N) is 2. The van der Waals surface area contributed by atoms with Crippen LogP contribution in [0.1, 0.15) is 12.0 Å². The minimum absolute atomic E-state index is 0.506. The minimum atomic E-state index is 0.506. The van der Waals surface area contributed by atoms with E-state index in [1.54, 1.807) is 0 Å². The Hall–Kier alpha value is -1.06. The molecule has 0 spiro atoms. The maximum absolute atomic E-state index is 5.41. The number of benzene rings is 1. The van der Waals surface area contributed by atoms with Gasteiger partial charge in [0, 0.05) is 24.8 Å². The summed E-state index contributed by atoms with van der Waals surface area (Å²) >= 11 is 0. The summed E-state index contributed by atoms with van der Waals surface area (Å²) in [4.78, 5) is 0. The highest BCUT2D eigenvalue weighted by molar-refractivity contribution is 5.45. The van der Waals surface area contributed by atoms with Crippen molar-refractivity contribution >= 4 is 5.69 Å². The third kappa shape index (κ3) is 3.51. The van der Waals surface area contributed by atoms with Crippen LogP contribution in [0, 0.1) is 6.92 Å². The summed E-state index contributed by atoms with van der Waals surface area (Å²) in [7, 11) is 0. The lowest BCUT2D eigenvalue weighted by molar-refractivity contribution is 0.0753. The maximum atomic E-state index is 5.41. The van der Waals surface area contributed by atoms with Gasteiger partial charge in [0.05, 0.1) is 13.2 Å². The molecule has 88 valence electrons. The van der Waals surface area contributed by atoms with E-state index in [4.69, 9.17) is 4.74 Å². The first-order valence-electron chi connectivity index (χ1n) is 5.96. The Morgan fingerprint density at radius 1 is 1.50 bits per heavy atom. The molecule has 3 heteroatoms. The third-order valence-corrected chi connectivity index (χ3v) is 2.84. The van der Waals surface area contributed by atoms with Crippen molar-refractivity contribution in [2.45, 2.75) is 19.4 Å². The highest BCUT2D eigenvalue weighted by Gasteiger charge is 2.11. The lowest BCUT2D eigenvalue weighted by Crippen LogP contribution is -2.42. The van der Waals surface area contributed by atoms with Crippen molar-refractivity contribution in [2.75, 3.05) is 31.6 Å². The molecule has 1 aromatic carbocycles. The zero-order valence-corrected chi connectivity index (χ0v) is 9.83. The molecule has 1 saturated heterocycles. The smallest absolute Gasteiger partial charge is 0.0620 e. The molecular weight excluding hydrogens is 200 g/mol. The summed E-state index contributed by atoms with van der Waals surface area (Å²) in [6, 6.07) is 8.98. The van der Waals surface area contributed by atoms with Crippen LogP contribution in [0.15, 0.2) is 24.3 Å². The lowest BCUT2D eigenvalue weighted by Gasteiger charge is -2.23. The van der Waals surface area contributed by atoms with E-state index in [9.17, 15) is 0 Å². The van der Waals surface area contributed by atoms with Gasteiger partial charge in [0.2, 0.25) is 0 Å². The fraction of sp³-hybridized carbons (Fsp3) is 0.538. The van der Waals surface area contributed by atoms with Gasteiger partial charge >= 0.3 is 0 Å². The first-order valence-corrected chi connectivity index (χ1v) is 5.96. The number of morpholine rings is 1. The number of hydrogen-bond acceptors (Lipinski definition) is 3. The van der Waals surface area contributed by atoms with Crippen LogP contribution >= 0.6 is 0 Å². The van der Waals surface area contributed by atoms with Gasteiger partial charge in [0.25, 0.3) is 0 Å². The molecule has 0 bridgehead atoms. The second-order valence-electron chi connectivity index (χ2n) is 4.31. The van der Waals surface area contributed by atoms with Gasteiger partial charge in [0.1, 0.15) is 0 Å². The van der Waals surface area contributed by atoms with Crippen LogP contribution < -0.4 is 10.6 Å². The van der Waals surface area contributed by atoms with Gasteiger partial charge in [-0.25, -0.2) is 0 Å². The highest BCUT2D eigenvalue weighted by Crippen LogP contribution is 2.09. The SMILES string of the molecule is Cc1cccc(NCCC2COCCN2)c1. The Bertz CT molecular complexity index is 321. The summed E-state index contributed by atoms with van der Waals surface area (Å²) in [5.41, 5.74) is 2.50. The Morgan fingerprint density at radius 2 is 2.44 bits per heavy atom. The number of hydrogen-bond donors (Lipinski definition) is 2. The summed E-state index contributed by atoms with van der Waals surface area (Å²) in [5.74, 6) is 0. The van der Waals surface area contributed by atoms with E-state index in [2.05, 4.69) is 41.8 Å². The number of ether oxygens (including phenoxy) is 1. The van der Waals surface area contributed by atoms with E-state index in [1.165, 1.54) is 11.3 Å². The fourth-order valence-electron chi connectivity index (χ4n) is 1.95. The normalized spacial score (nSPS) is 20.7. The van der Waals surface area contributed by atoms with Gasteiger partial charge in [-0.3, -0.25) is 0 Å². The molecule has 2 rings (SSSR count). The average Bonchev–Trinajstić information content (AvgIpc) is 2.30. The monoisotopic (exact) mass is 220 g/mol. The molecule has 1 atom stereocenters. The van der Waals surface area contributed by atoms with Crippen LogP contribution in [0.3, 0.4) is 0 Å². The molecule has 2 N–H and O–H groups in total. The van der Waals surface area contributed by atoms with E-state index in [0.717, 1.165) is 32.7 Å². The van der Waals surface area contributed by atoms with Crippen LogP contribution in [0.25, 0.3) is 0 Å². The largest absolute Gasteiger partial charge is 0.385 e. The number of anilines is 1. The molecule has 0 aliphatic carbocycles. The van der Waals surface area contributed by atoms with Crippen molar-refractivity contribution in [2.24, 2.45) is 0 Å². The molecule has 1 heterocycles. The van der Waals surface area contributed by atoms with Crippen LogP contribution in [-0.4, -0.2) is 32.3 Å². The van der Waals surface area contributed by atoms with Gasteiger partial charge in [-0.15, -0.1) is 0 Å². The van der Waals surface area contributed by atoms with Gasteiger partial charge in [-0.05, 0) is 31.0 Å². The Labute approximate surface area is 97.2 Å². The maximum Gasteiger partial charge on any atom is 0.0620 e. The second kappa shape index (κ2) is 5.87. The number of aryl methyl sites for hydroxylation is 1. The topological polar surface area (TPSA) is 33.3 Å². The summed E-state index contributed by atoms with van der Waals surface area (Å²) in [5, 5.41) is 6.89. The third-order valence-electron chi connectivity index (χ3n) is 2.84. The molecule has 1 aliphatic rings. The van der Waals surface area contributed by atoms with E-state index < -0.39 is 0 Å². The summed E-state index contributed by atoms with van der Waals surface area (Å²) < 4.78 is 5.41. The predicted molar refractivity (Wildman–Crippen MR) is 66.9 cm³/mol. The minimum Gasteiger partial charge on any atom is -0.385 e. The van der Waals surface area contributed by atoms with Gasteiger partial charge in [-0.1, -0.05) is 12.1 Å². The molecule has 0 amide bonds. The molecule has 0 aromatic heterocycles. The van der Waals surface area contributed by atoms with Crippen molar-refractivity contribution in [3.8, 4) is 0 Å². The van der Waals surface area contributed by atoms with Crippen molar-refractivity contribution in [1.82, 2.24) is 5.32 Å². The average molecular weight is 220 g/mol.